The lowest BCUT2D eigenvalue weighted by molar-refractivity contribution is 0.968. The van der Waals surface area contributed by atoms with Gasteiger partial charge in [0.2, 0.25) is 0 Å². The molecule has 9 rings (SSSR count). The van der Waals surface area contributed by atoms with Crippen molar-refractivity contribution in [3.05, 3.63) is 163 Å². The van der Waals surface area contributed by atoms with Gasteiger partial charge in [-0.3, -0.25) is 0 Å². The van der Waals surface area contributed by atoms with Gasteiger partial charge in [0, 0.05) is 0 Å². The van der Waals surface area contributed by atoms with Crippen LogP contribution in [0.1, 0.15) is 30.9 Å². The van der Waals surface area contributed by atoms with Crippen LogP contribution in [0.2, 0.25) is 0 Å². The van der Waals surface area contributed by atoms with Gasteiger partial charge in [-0.25, -0.2) is 0 Å². The predicted molar refractivity (Wildman–Crippen MR) is 197 cm³/mol. The van der Waals surface area contributed by atoms with Gasteiger partial charge in [0.25, 0.3) is 0 Å². The summed E-state index contributed by atoms with van der Waals surface area (Å²) in [5.41, 5.74) is 6.42. The predicted octanol–water partition coefficient (Wildman–Crippen LogP) is 12.9. The van der Waals surface area contributed by atoms with E-state index in [1.54, 1.807) is 0 Å². The molecule has 0 spiro atoms. The monoisotopic (exact) mass is 572 g/mol. The molecular formula is C45H32. The van der Waals surface area contributed by atoms with Crippen LogP contribution in [0.25, 0.3) is 81.3 Å². The summed E-state index contributed by atoms with van der Waals surface area (Å²) >= 11 is 0. The molecule has 9 aromatic carbocycles. The number of benzene rings is 9. The van der Waals surface area contributed by atoms with Gasteiger partial charge >= 0.3 is 0 Å². The van der Waals surface area contributed by atoms with Crippen molar-refractivity contribution in [1.29, 1.82) is 0 Å². The Hall–Kier alpha value is -5.46. The van der Waals surface area contributed by atoms with E-state index >= 15 is 0 Å². The molecule has 1 atom stereocenters. The van der Waals surface area contributed by atoms with E-state index in [1.165, 1.54) is 92.5 Å². The summed E-state index contributed by atoms with van der Waals surface area (Å²) in [6.45, 7) is 4.45. The Balaban J connectivity index is 1.07. The zero-order valence-corrected chi connectivity index (χ0v) is 25.5. The Labute approximate surface area is 263 Å². The second-order valence-electron chi connectivity index (χ2n) is 12.5. The molecule has 45 heavy (non-hydrogen) atoms. The Morgan fingerprint density at radius 1 is 0.511 bits per heavy atom. The average Bonchev–Trinajstić information content (AvgIpc) is 3.10. The quantitative estimate of drug-likeness (QED) is 0.142. The number of hydrogen-bond acceptors (Lipinski definition) is 0. The van der Waals surface area contributed by atoms with E-state index in [0.29, 0.717) is 0 Å². The summed E-state index contributed by atoms with van der Waals surface area (Å²) < 4.78 is 0. The maximum Gasteiger partial charge on any atom is -0.000710 e. The molecule has 0 heterocycles. The highest BCUT2D eigenvalue weighted by molar-refractivity contribution is 6.27. The Morgan fingerprint density at radius 3 is 1.64 bits per heavy atom. The van der Waals surface area contributed by atoms with E-state index in [-0.39, 0.29) is 5.92 Å². The van der Waals surface area contributed by atoms with Crippen molar-refractivity contribution < 1.29 is 0 Å². The first-order valence-corrected chi connectivity index (χ1v) is 16.0. The van der Waals surface area contributed by atoms with Crippen molar-refractivity contribution in [2.45, 2.75) is 19.8 Å². The molecule has 0 heteroatoms. The van der Waals surface area contributed by atoms with Crippen LogP contribution in [0.4, 0.5) is 0 Å². The van der Waals surface area contributed by atoms with Gasteiger partial charge in [0.1, 0.15) is 0 Å². The lowest BCUT2D eigenvalue weighted by Gasteiger charge is -2.16. The van der Waals surface area contributed by atoms with Crippen LogP contribution in [0, 0.1) is 0 Å². The first-order valence-electron chi connectivity index (χ1n) is 16.0. The van der Waals surface area contributed by atoms with Crippen molar-refractivity contribution >= 4 is 70.2 Å². The molecule has 0 nitrogen and oxygen atoms in total. The Bertz CT molecular complexity index is 2590. The first-order chi connectivity index (χ1) is 22.2. The van der Waals surface area contributed by atoms with Crippen molar-refractivity contribution in [2.24, 2.45) is 0 Å². The van der Waals surface area contributed by atoms with E-state index in [9.17, 15) is 0 Å². The summed E-state index contributed by atoms with van der Waals surface area (Å²) in [7, 11) is 0. The summed E-state index contributed by atoms with van der Waals surface area (Å²) in [5.74, 6) is 0.281. The molecule has 9 aromatic rings. The van der Waals surface area contributed by atoms with Crippen molar-refractivity contribution in [3.8, 4) is 11.1 Å². The molecule has 0 amide bonds. The molecule has 1 unspecified atom stereocenters. The average molecular weight is 573 g/mol. The van der Waals surface area contributed by atoms with E-state index in [4.69, 9.17) is 0 Å². The molecule has 0 radical (unpaired) electrons. The number of allylic oxidation sites excluding steroid dienone is 4. The van der Waals surface area contributed by atoms with Crippen LogP contribution in [0.3, 0.4) is 0 Å². The standard InChI is InChI=1S/C45H32/c1-3-29(40-26-36-12-4-8-32-22-24-34-10-6-14-38(40)44(34)42(32)36)17-16-28(2)30-18-20-31(21-19-30)41-27-37-13-5-9-33-23-25-35-11-7-15-39(41)45(35)43(33)37/h3-28H,1-2H3/b17-16-,29-3+. The second kappa shape index (κ2) is 10.0. The minimum Gasteiger partial charge on any atom is -0.0798 e. The fourth-order valence-electron chi connectivity index (χ4n) is 7.67. The SMILES string of the molecule is C/C=C(\C=C/C(C)c1ccc(-c2cc3cccc4ccc5cccc2c5c43)cc1)c1cc2cccc3ccc4cccc1c4c32. The van der Waals surface area contributed by atoms with Crippen LogP contribution >= 0.6 is 0 Å². The van der Waals surface area contributed by atoms with Crippen molar-refractivity contribution in [3.63, 3.8) is 0 Å². The van der Waals surface area contributed by atoms with Crippen molar-refractivity contribution in [2.75, 3.05) is 0 Å². The van der Waals surface area contributed by atoms with E-state index in [0.717, 1.165) is 0 Å². The third kappa shape index (κ3) is 3.99. The Morgan fingerprint density at radius 2 is 1.02 bits per heavy atom. The van der Waals surface area contributed by atoms with Gasteiger partial charge in [-0.2, -0.15) is 0 Å². The fraction of sp³-hybridized carbons (Fsp3) is 0.0667. The number of rotatable bonds is 5. The van der Waals surface area contributed by atoms with Gasteiger partial charge in [-0.1, -0.05) is 146 Å². The minimum atomic E-state index is 0.281. The molecule has 0 aromatic heterocycles. The zero-order chi connectivity index (χ0) is 30.1. The van der Waals surface area contributed by atoms with Crippen LogP contribution < -0.4 is 0 Å². The molecule has 0 saturated carbocycles. The lowest BCUT2D eigenvalue weighted by Crippen LogP contribution is -1.92. The van der Waals surface area contributed by atoms with Gasteiger partial charge in [-0.05, 0) is 117 Å². The molecule has 0 aliphatic carbocycles. The molecule has 212 valence electrons. The molecule has 0 bridgehead atoms. The number of hydrogen-bond donors (Lipinski definition) is 0. The minimum absolute atomic E-state index is 0.281. The maximum atomic E-state index is 2.38. The molecular weight excluding hydrogens is 540 g/mol. The largest absolute Gasteiger partial charge is 0.0798 e. The van der Waals surface area contributed by atoms with Crippen LogP contribution in [0.15, 0.2) is 152 Å². The summed E-state index contributed by atoms with van der Waals surface area (Å²) in [6, 6.07) is 49.7. The second-order valence-corrected chi connectivity index (χ2v) is 12.5. The van der Waals surface area contributed by atoms with Gasteiger partial charge in [0.15, 0.2) is 0 Å². The first kappa shape index (κ1) is 26.0. The van der Waals surface area contributed by atoms with Gasteiger partial charge in [0.05, 0.1) is 0 Å². The molecule has 0 N–H and O–H groups in total. The highest BCUT2D eigenvalue weighted by Crippen LogP contribution is 2.41. The highest BCUT2D eigenvalue weighted by atomic mass is 14.2. The molecule has 0 aliphatic heterocycles. The Kier molecular flexibility index (Phi) is 5.80. The van der Waals surface area contributed by atoms with E-state index in [2.05, 4.69) is 166 Å². The van der Waals surface area contributed by atoms with Crippen LogP contribution in [-0.4, -0.2) is 0 Å². The van der Waals surface area contributed by atoms with Gasteiger partial charge in [-0.15, -0.1) is 0 Å². The molecule has 0 aliphatic rings. The highest BCUT2D eigenvalue weighted by Gasteiger charge is 2.15. The smallest absolute Gasteiger partial charge is 0.000710 e. The molecule has 0 saturated heterocycles. The fourth-order valence-corrected chi connectivity index (χ4v) is 7.67. The van der Waals surface area contributed by atoms with Crippen molar-refractivity contribution in [1.82, 2.24) is 0 Å². The van der Waals surface area contributed by atoms with Crippen LogP contribution in [0.5, 0.6) is 0 Å². The normalized spacial score (nSPS) is 13.5. The lowest BCUT2D eigenvalue weighted by atomic mass is 9.88. The summed E-state index contributed by atoms with van der Waals surface area (Å²) in [4.78, 5) is 0. The van der Waals surface area contributed by atoms with Gasteiger partial charge < -0.3 is 0 Å². The zero-order valence-electron chi connectivity index (χ0n) is 25.5. The maximum absolute atomic E-state index is 2.38. The summed E-state index contributed by atoms with van der Waals surface area (Å²) in [5, 5.41) is 15.9. The van der Waals surface area contributed by atoms with E-state index < -0.39 is 0 Å². The third-order valence-electron chi connectivity index (χ3n) is 9.95. The van der Waals surface area contributed by atoms with E-state index in [1.807, 2.05) is 0 Å². The summed E-state index contributed by atoms with van der Waals surface area (Å²) in [6.07, 6.45) is 6.92. The molecule has 0 fully saturated rings. The third-order valence-corrected chi connectivity index (χ3v) is 9.95. The topological polar surface area (TPSA) is 0 Å². The van der Waals surface area contributed by atoms with Crippen LogP contribution in [-0.2, 0) is 0 Å².